The fourth-order valence-electron chi connectivity index (χ4n) is 1.67. The number of hydrogen-bond acceptors (Lipinski definition) is 3. The van der Waals surface area contributed by atoms with Gasteiger partial charge in [-0.1, -0.05) is 6.92 Å². The highest BCUT2D eigenvalue weighted by Crippen LogP contribution is 2.20. The lowest BCUT2D eigenvalue weighted by atomic mass is 9.88. The molecule has 3 nitrogen and oxygen atoms in total. The number of nitrogens with two attached hydrogens (primary N) is 2. The van der Waals surface area contributed by atoms with Crippen LogP contribution in [0.4, 0.5) is 0 Å². The van der Waals surface area contributed by atoms with Gasteiger partial charge in [0.15, 0.2) is 0 Å². The van der Waals surface area contributed by atoms with Crippen molar-refractivity contribution in [3.63, 3.8) is 0 Å². The zero-order chi connectivity index (χ0) is 8.97. The Kier molecular flexibility index (Phi) is 3.98. The molecule has 3 atom stereocenters. The highest BCUT2D eigenvalue weighted by molar-refractivity contribution is 4.77. The van der Waals surface area contributed by atoms with Crippen LogP contribution in [0, 0.1) is 11.8 Å². The van der Waals surface area contributed by atoms with E-state index in [-0.39, 0.29) is 0 Å². The van der Waals surface area contributed by atoms with E-state index in [0.29, 0.717) is 17.9 Å². The van der Waals surface area contributed by atoms with Gasteiger partial charge in [-0.15, -0.1) is 0 Å². The van der Waals surface area contributed by atoms with E-state index in [0.717, 1.165) is 32.6 Å². The van der Waals surface area contributed by atoms with E-state index in [1.165, 1.54) is 0 Å². The summed E-state index contributed by atoms with van der Waals surface area (Å²) in [6.45, 7) is 4.57. The van der Waals surface area contributed by atoms with Crippen LogP contribution in [0.3, 0.4) is 0 Å². The Morgan fingerprint density at radius 2 is 2.33 bits per heavy atom. The fourth-order valence-corrected chi connectivity index (χ4v) is 1.67. The summed E-state index contributed by atoms with van der Waals surface area (Å²) in [4.78, 5) is 0. The van der Waals surface area contributed by atoms with Crippen molar-refractivity contribution in [3.8, 4) is 0 Å². The van der Waals surface area contributed by atoms with Gasteiger partial charge in [-0.25, -0.2) is 0 Å². The molecule has 72 valence electrons. The molecule has 3 unspecified atom stereocenters. The van der Waals surface area contributed by atoms with Gasteiger partial charge >= 0.3 is 0 Å². The molecule has 1 aliphatic heterocycles. The third kappa shape index (κ3) is 2.73. The summed E-state index contributed by atoms with van der Waals surface area (Å²) in [6.07, 6.45) is 2.11. The zero-order valence-electron chi connectivity index (χ0n) is 7.83. The fraction of sp³-hybridized carbons (Fsp3) is 1.00. The van der Waals surface area contributed by atoms with Crippen LogP contribution in [-0.2, 0) is 4.74 Å². The minimum absolute atomic E-state index is 0.327. The van der Waals surface area contributed by atoms with Crippen LogP contribution in [-0.4, -0.2) is 25.8 Å². The first kappa shape index (κ1) is 9.96. The van der Waals surface area contributed by atoms with Gasteiger partial charge in [-0.05, 0) is 31.2 Å². The molecule has 1 saturated heterocycles. The lowest BCUT2D eigenvalue weighted by molar-refractivity contribution is 0.0336. The lowest BCUT2D eigenvalue weighted by Gasteiger charge is -2.30. The molecule has 1 heterocycles. The molecular weight excluding hydrogens is 152 g/mol. The van der Waals surface area contributed by atoms with Gasteiger partial charge in [0, 0.05) is 12.6 Å². The molecule has 0 aromatic heterocycles. The maximum Gasteiger partial charge on any atom is 0.0509 e. The Labute approximate surface area is 74.4 Å². The Morgan fingerprint density at radius 3 is 2.92 bits per heavy atom. The zero-order valence-corrected chi connectivity index (χ0v) is 7.83. The van der Waals surface area contributed by atoms with Crippen molar-refractivity contribution in [3.05, 3.63) is 0 Å². The van der Waals surface area contributed by atoms with Crippen LogP contribution in [0.15, 0.2) is 0 Å². The summed E-state index contributed by atoms with van der Waals surface area (Å²) in [5, 5.41) is 0. The van der Waals surface area contributed by atoms with E-state index in [1.807, 2.05) is 0 Å². The summed E-state index contributed by atoms with van der Waals surface area (Å²) in [6, 6.07) is 0.327. The van der Waals surface area contributed by atoms with Crippen molar-refractivity contribution in [1.82, 2.24) is 0 Å². The Balaban J connectivity index is 2.28. The second kappa shape index (κ2) is 4.80. The van der Waals surface area contributed by atoms with Crippen molar-refractivity contribution in [2.45, 2.75) is 25.8 Å². The molecule has 1 aliphatic rings. The molecule has 0 amide bonds. The quantitative estimate of drug-likeness (QED) is 0.645. The lowest BCUT2D eigenvalue weighted by Crippen LogP contribution is -2.39. The predicted molar refractivity (Wildman–Crippen MR) is 49.7 cm³/mol. The van der Waals surface area contributed by atoms with Gasteiger partial charge in [0.2, 0.25) is 0 Å². The summed E-state index contributed by atoms with van der Waals surface area (Å²) in [5.41, 5.74) is 11.5. The van der Waals surface area contributed by atoms with Crippen LogP contribution in [0.2, 0.25) is 0 Å². The minimum atomic E-state index is 0.327. The predicted octanol–water partition coefficient (Wildman–Crippen LogP) is 0.335. The van der Waals surface area contributed by atoms with E-state index in [2.05, 4.69) is 6.92 Å². The van der Waals surface area contributed by atoms with Crippen LogP contribution in [0.25, 0.3) is 0 Å². The molecule has 0 aliphatic carbocycles. The van der Waals surface area contributed by atoms with Gasteiger partial charge in [-0.3, -0.25) is 0 Å². The Bertz CT molecular complexity index is 130. The molecule has 1 rings (SSSR count). The molecular formula is C9H20N2O. The van der Waals surface area contributed by atoms with Gasteiger partial charge in [0.05, 0.1) is 6.61 Å². The molecule has 0 aromatic carbocycles. The van der Waals surface area contributed by atoms with Crippen molar-refractivity contribution in [2.24, 2.45) is 23.3 Å². The van der Waals surface area contributed by atoms with E-state index >= 15 is 0 Å². The second-order valence-corrected chi connectivity index (χ2v) is 3.86. The van der Waals surface area contributed by atoms with Crippen molar-refractivity contribution in [2.75, 3.05) is 19.8 Å². The summed E-state index contributed by atoms with van der Waals surface area (Å²) in [5.74, 6) is 1.10. The summed E-state index contributed by atoms with van der Waals surface area (Å²) < 4.78 is 5.38. The third-order valence-electron chi connectivity index (χ3n) is 2.64. The monoisotopic (exact) mass is 172 g/mol. The van der Waals surface area contributed by atoms with Crippen LogP contribution >= 0.6 is 0 Å². The van der Waals surface area contributed by atoms with Gasteiger partial charge in [0.25, 0.3) is 0 Å². The third-order valence-corrected chi connectivity index (χ3v) is 2.64. The first-order valence-corrected chi connectivity index (χ1v) is 4.77. The first-order chi connectivity index (χ1) is 5.74. The number of hydrogen-bond donors (Lipinski definition) is 2. The van der Waals surface area contributed by atoms with E-state index in [1.54, 1.807) is 0 Å². The van der Waals surface area contributed by atoms with Gasteiger partial charge < -0.3 is 16.2 Å². The van der Waals surface area contributed by atoms with E-state index in [4.69, 9.17) is 16.2 Å². The summed E-state index contributed by atoms with van der Waals surface area (Å²) >= 11 is 0. The highest BCUT2D eigenvalue weighted by Gasteiger charge is 2.23. The van der Waals surface area contributed by atoms with E-state index < -0.39 is 0 Å². The average Bonchev–Trinajstić information content (AvgIpc) is 2.09. The normalized spacial score (nSPS) is 33.2. The maximum absolute atomic E-state index is 5.96. The first-order valence-electron chi connectivity index (χ1n) is 4.77. The van der Waals surface area contributed by atoms with Gasteiger partial charge in [-0.2, -0.15) is 0 Å². The van der Waals surface area contributed by atoms with Crippen LogP contribution < -0.4 is 11.5 Å². The Morgan fingerprint density at radius 1 is 1.58 bits per heavy atom. The molecule has 1 fully saturated rings. The molecule has 0 spiro atoms. The SMILES string of the molecule is CC(CN)CC1COCCC1N. The van der Waals surface area contributed by atoms with Crippen molar-refractivity contribution in [1.29, 1.82) is 0 Å². The molecule has 4 N–H and O–H groups in total. The maximum atomic E-state index is 5.96. The number of ether oxygens (including phenoxy) is 1. The van der Waals surface area contributed by atoms with E-state index in [9.17, 15) is 0 Å². The van der Waals surface area contributed by atoms with Crippen molar-refractivity contribution < 1.29 is 4.74 Å². The second-order valence-electron chi connectivity index (χ2n) is 3.86. The topological polar surface area (TPSA) is 61.3 Å². The van der Waals surface area contributed by atoms with Crippen molar-refractivity contribution >= 4 is 0 Å². The molecule has 12 heavy (non-hydrogen) atoms. The highest BCUT2D eigenvalue weighted by atomic mass is 16.5. The van der Waals surface area contributed by atoms with Crippen LogP contribution in [0.5, 0.6) is 0 Å². The standard InChI is InChI=1S/C9H20N2O/c1-7(5-10)4-8-6-12-3-2-9(8)11/h7-9H,2-6,10-11H2,1H3. The molecule has 0 bridgehead atoms. The van der Waals surface area contributed by atoms with Crippen LogP contribution in [0.1, 0.15) is 19.8 Å². The molecule has 0 aromatic rings. The van der Waals surface area contributed by atoms with Gasteiger partial charge in [0.1, 0.15) is 0 Å². The molecule has 0 saturated carbocycles. The Hall–Kier alpha value is -0.120. The minimum Gasteiger partial charge on any atom is -0.381 e. The molecule has 3 heteroatoms. The smallest absolute Gasteiger partial charge is 0.0509 e. The average molecular weight is 172 g/mol. The summed E-state index contributed by atoms with van der Waals surface area (Å²) in [7, 11) is 0. The number of rotatable bonds is 3. The molecule has 0 radical (unpaired) electrons. The largest absolute Gasteiger partial charge is 0.381 e.